The van der Waals surface area contributed by atoms with Crippen LogP contribution < -0.4 is 9.80 Å². The molecule has 2 aliphatic heterocycles. The van der Waals surface area contributed by atoms with E-state index in [2.05, 4.69) is 9.80 Å². The van der Waals surface area contributed by atoms with Crippen LogP contribution in [0.25, 0.3) is 0 Å². The Morgan fingerprint density at radius 1 is 0.906 bits per heavy atom. The maximum Gasteiger partial charge on any atom is 0.292 e. The molecule has 0 N–H and O–H groups in total. The maximum absolute atomic E-state index is 13.6. The van der Waals surface area contributed by atoms with Gasteiger partial charge in [-0.2, -0.15) is 0 Å². The fourth-order valence-electron chi connectivity index (χ4n) is 4.28. The number of carbonyl (C=O) groups is 1. The van der Waals surface area contributed by atoms with Gasteiger partial charge in [0.15, 0.2) is 11.6 Å². The molecule has 0 unspecified atom stereocenters. The van der Waals surface area contributed by atoms with Crippen LogP contribution in [0.3, 0.4) is 0 Å². The highest BCUT2D eigenvalue weighted by Gasteiger charge is 2.27. The molecule has 32 heavy (non-hydrogen) atoms. The van der Waals surface area contributed by atoms with E-state index < -0.39 is 17.5 Å². The molecule has 2 fully saturated rings. The first-order chi connectivity index (χ1) is 15.3. The predicted molar refractivity (Wildman–Crippen MR) is 119 cm³/mol. The van der Waals surface area contributed by atoms with Crippen molar-refractivity contribution in [2.75, 3.05) is 49.1 Å². The van der Waals surface area contributed by atoms with Crippen LogP contribution in [0.4, 0.5) is 25.8 Å². The van der Waals surface area contributed by atoms with Crippen molar-refractivity contribution < 1.29 is 18.5 Å². The molecule has 10 heteroatoms. The van der Waals surface area contributed by atoms with E-state index in [1.807, 2.05) is 6.07 Å². The lowest BCUT2D eigenvalue weighted by Gasteiger charge is -2.37. The highest BCUT2D eigenvalue weighted by atomic mass is 35.5. The molecule has 0 radical (unpaired) electrons. The van der Waals surface area contributed by atoms with E-state index in [4.69, 9.17) is 11.6 Å². The van der Waals surface area contributed by atoms with Crippen LogP contribution in [-0.4, -0.2) is 55.0 Å². The topological polar surface area (TPSA) is 69.9 Å². The number of amides is 1. The van der Waals surface area contributed by atoms with Gasteiger partial charge in [0.25, 0.3) is 11.6 Å². The van der Waals surface area contributed by atoms with E-state index in [-0.39, 0.29) is 21.2 Å². The maximum atomic E-state index is 13.6. The standard InChI is InChI=1S/C22H23ClF2N4O3/c23-17-14-19(25)18(24)13-16(17)22(30)28-10-8-26(9-11-28)15-4-5-20(29(31)32)21(12-15)27-6-2-1-3-7-27/h4-5,12-14H,1-3,6-11H2. The third kappa shape index (κ3) is 4.48. The molecular weight excluding hydrogens is 442 g/mol. The summed E-state index contributed by atoms with van der Waals surface area (Å²) < 4.78 is 26.9. The van der Waals surface area contributed by atoms with Gasteiger partial charge in [0, 0.05) is 51.0 Å². The third-order valence-electron chi connectivity index (χ3n) is 6.02. The number of nitrogens with zero attached hydrogens (tertiary/aromatic N) is 4. The average Bonchev–Trinajstić information content (AvgIpc) is 2.81. The van der Waals surface area contributed by atoms with E-state index >= 15 is 0 Å². The van der Waals surface area contributed by atoms with Crippen LogP contribution in [0, 0.1) is 21.7 Å². The van der Waals surface area contributed by atoms with Gasteiger partial charge in [-0.15, -0.1) is 0 Å². The number of hydrogen-bond donors (Lipinski definition) is 0. The summed E-state index contributed by atoms with van der Waals surface area (Å²) in [6.07, 6.45) is 3.14. The second-order valence-corrected chi connectivity index (χ2v) is 8.41. The van der Waals surface area contributed by atoms with Crippen molar-refractivity contribution in [2.24, 2.45) is 0 Å². The minimum absolute atomic E-state index is 0.0678. The fourth-order valence-corrected chi connectivity index (χ4v) is 4.51. The Morgan fingerprint density at radius 2 is 1.56 bits per heavy atom. The van der Waals surface area contributed by atoms with Crippen molar-refractivity contribution in [3.05, 3.63) is 62.7 Å². The lowest BCUT2D eigenvalue weighted by molar-refractivity contribution is -0.384. The molecule has 2 aromatic carbocycles. The highest BCUT2D eigenvalue weighted by molar-refractivity contribution is 6.33. The van der Waals surface area contributed by atoms with E-state index in [9.17, 15) is 23.7 Å². The summed E-state index contributed by atoms with van der Waals surface area (Å²) in [5.41, 5.74) is 1.51. The van der Waals surface area contributed by atoms with Gasteiger partial charge in [-0.3, -0.25) is 14.9 Å². The number of anilines is 2. The zero-order chi connectivity index (χ0) is 22.8. The summed E-state index contributed by atoms with van der Waals surface area (Å²) in [4.78, 5) is 29.6. The number of piperazine rings is 1. The molecule has 0 saturated carbocycles. The molecule has 0 bridgehead atoms. The SMILES string of the molecule is O=C(c1cc(F)c(F)cc1Cl)N1CCN(c2ccc([N+](=O)[O-])c(N3CCCCC3)c2)CC1. The molecule has 2 saturated heterocycles. The van der Waals surface area contributed by atoms with Crippen LogP contribution in [0.5, 0.6) is 0 Å². The molecule has 1 amide bonds. The molecular formula is C22H23ClF2N4O3. The van der Waals surface area contributed by atoms with Crippen molar-refractivity contribution in [3.8, 4) is 0 Å². The van der Waals surface area contributed by atoms with Gasteiger partial charge >= 0.3 is 0 Å². The summed E-state index contributed by atoms with van der Waals surface area (Å²) in [6, 6.07) is 6.76. The molecule has 2 aliphatic rings. The Labute approximate surface area is 189 Å². The number of hydrogen-bond acceptors (Lipinski definition) is 5. The third-order valence-corrected chi connectivity index (χ3v) is 6.34. The summed E-state index contributed by atoms with van der Waals surface area (Å²) in [7, 11) is 0. The van der Waals surface area contributed by atoms with E-state index in [1.54, 1.807) is 11.0 Å². The number of carbonyl (C=O) groups excluding carboxylic acids is 1. The second kappa shape index (κ2) is 9.28. The van der Waals surface area contributed by atoms with Crippen molar-refractivity contribution in [2.45, 2.75) is 19.3 Å². The smallest absolute Gasteiger partial charge is 0.292 e. The molecule has 7 nitrogen and oxygen atoms in total. The Bertz CT molecular complexity index is 1040. The second-order valence-electron chi connectivity index (χ2n) is 8.00. The minimum Gasteiger partial charge on any atom is -0.368 e. The van der Waals surface area contributed by atoms with Gasteiger partial charge in [0.2, 0.25) is 0 Å². The van der Waals surface area contributed by atoms with Gasteiger partial charge < -0.3 is 14.7 Å². The van der Waals surface area contributed by atoms with Crippen molar-refractivity contribution in [1.29, 1.82) is 0 Å². The van der Waals surface area contributed by atoms with Crippen molar-refractivity contribution >= 4 is 34.6 Å². The van der Waals surface area contributed by atoms with E-state index in [0.717, 1.165) is 50.2 Å². The summed E-state index contributed by atoms with van der Waals surface area (Å²) in [5.74, 6) is -2.67. The molecule has 0 aromatic heterocycles. The van der Waals surface area contributed by atoms with E-state index in [1.165, 1.54) is 6.07 Å². The largest absolute Gasteiger partial charge is 0.368 e. The predicted octanol–water partition coefficient (Wildman–Crippen LogP) is 4.48. The molecule has 170 valence electrons. The highest BCUT2D eigenvalue weighted by Crippen LogP contribution is 2.34. The Kier molecular flexibility index (Phi) is 6.45. The lowest BCUT2D eigenvalue weighted by Crippen LogP contribution is -2.49. The Balaban J connectivity index is 1.49. The first-order valence-corrected chi connectivity index (χ1v) is 10.9. The van der Waals surface area contributed by atoms with Gasteiger partial charge in [-0.1, -0.05) is 11.6 Å². The normalized spacial score (nSPS) is 16.9. The monoisotopic (exact) mass is 464 g/mol. The lowest BCUT2D eigenvalue weighted by atomic mass is 10.1. The molecule has 2 heterocycles. The fraction of sp³-hybridized carbons (Fsp3) is 0.409. The number of piperidine rings is 1. The number of nitro benzene ring substituents is 1. The summed E-state index contributed by atoms with van der Waals surface area (Å²) >= 11 is 5.95. The quantitative estimate of drug-likeness (QED) is 0.379. The molecule has 0 spiro atoms. The van der Waals surface area contributed by atoms with Gasteiger partial charge in [-0.25, -0.2) is 8.78 Å². The number of halogens is 3. The van der Waals surface area contributed by atoms with Crippen LogP contribution in [0.2, 0.25) is 5.02 Å². The molecule has 0 atom stereocenters. The number of nitro groups is 1. The van der Waals surface area contributed by atoms with Crippen LogP contribution in [-0.2, 0) is 0 Å². The Hall–Kier alpha value is -2.94. The van der Waals surface area contributed by atoms with Gasteiger partial charge in [0.05, 0.1) is 15.5 Å². The van der Waals surface area contributed by atoms with Crippen LogP contribution in [0.15, 0.2) is 30.3 Å². The van der Waals surface area contributed by atoms with E-state index in [0.29, 0.717) is 31.9 Å². The number of benzene rings is 2. The van der Waals surface area contributed by atoms with Gasteiger partial charge in [0.1, 0.15) is 5.69 Å². The van der Waals surface area contributed by atoms with Crippen molar-refractivity contribution in [3.63, 3.8) is 0 Å². The average molecular weight is 465 g/mol. The van der Waals surface area contributed by atoms with Crippen LogP contribution in [0.1, 0.15) is 29.6 Å². The summed E-state index contributed by atoms with van der Waals surface area (Å²) in [6.45, 7) is 3.33. The molecule has 0 aliphatic carbocycles. The Morgan fingerprint density at radius 3 is 2.22 bits per heavy atom. The first-order valence-electron chi connectivity index (χ1n) is 10.6. The van der Waals surface area contributed by atoms with Crippen LogP contribution >= 0.6 is 11.6 Å². The molecule has 4 rings (SSSR count). The van der Waals surface area contributed by atoms with Crippen molar-refractivity contribution in [1.82, 2.24) is 4.90 Å². The zero-order valence-corrected chi connectivity index (χ0v) is 18.2. The molecule has 2 aromatic rings. The first kappa shape index (κ1) is 22.3. The summed E-state index contributed by atoms with van der Waals surface area (Å²) in [5, 5.41) is 11.4. The van der Waals surface area contributed by atoms with Gasteiger partial charge in [-0.05, 0) is 43.5 Å². The zero-order valence-electron chi connectivity index (χ0n) is 17.4. The number of rotatable bonds is 4. The minimum atomic E-state index is -1.12.